The number of rotatable bonds is 44. The number of methoxy groups -OCH3 is 1. The van der Waals surface area contributed by atoms with Crippen molar-refractivity contribution < 1.29 is 98.8 Å². The molecule has 29 heteroatoms. The van der Waals surface area contributed by atoms with Crippen molar-refractivity contribution in [1.82, 2.24) is 31.9 Å². The highest BCUT2D eigenvalue weighted by atomic mass is 35.5. The predicted octanol–water partition coefficient (Wildman–Crippen LogP) is 5.40. The largest absolute Gasteiger partial charge is 0.495 e. The fraction of sp³-hybridized carbons (Fsp3) is 0.657. The second-order valence-electron chi connectivity index (χ2n) is 26.2. The van der Waals surface area contributed by atoms with Crippen LogP contribution in [-0.4, -0.2) is 195 Å². The number of carbonyl (C=O) groups excluding carboxylic acids is 10. The molecule has 99 heavy (non-hydrogen) atoms. The molecule has 2 aromatic rings. The van der Waals surface area contributed by atoms with Crippen LogP contribution in [0.5, 0.6) is 5.75 Å². The molecule has 8 atom stereocenters. The molecule has 2 aromatic carbocycles. The molecule has 554 valence electrons. The molecule has 1 saturated heterocycles. The number of amides is 6. The first kappa shape index (κ1) is 84.5. The molecule has 1 fully saturated rings. The summed E-state index contributed by atoms with van der Waals surface area (Å²) in [4.78, 5) is 133. The number of esters is 2. The maximum absolute atomic E-state index is 14.2. The van der Waals surface area contributed by atoms with Crippen LogP contribution >= 0.6 is 11.6 Å². The Kier molecular flexibility index (Phi) is 37.9. The Bertz CT molecular complexity index is 3090. The molecular weight excluding hydrogens is 1330 g/mol. The number of carbonyl (C=O) groups is 10. The normalized spacial score (nSPS) is 19.5. The zero-order valence-corrected chi connectivity index (χ0v) is 60.3. The van der Waals surface area contributed by atoms with Crippen LogP contribution in [0.2, 0.25) is 5.02 Å². The number of halogens is 1. The zero-order chi connectivity index (χ0) is 73.1. The van der Waals surface area contributed by atoms with E-state index in [9.17, 15) is 56.4 Å². The molecule has 4 rings (SSSR count). The third-order valence-corrected chi connectivity index (χ3v) is 17.6. The van der Waals surface area contributed by atoms with E-state index in [1.807, 2.05) is 58.9 Å². The molecule has 0 saturated carbocycles. The maximum Gasteiger partial charge on any atom is 0.347 e. The summed E-state index contributed by atoms with van der Waals surface area (Å²) < 4.78 is 75.6. The molecule has 0 bridgehead atoms. The van der Waals surface area contributed by atoms with Gasteiger partial charge in [0.25, 0.3) is 10.1 Å². The molecule has 2 aliphatic rings. The number of nitrogens with one attached hydrogen (secondary N) is 6. The lowest BCUT2D eigenvalue weighted by molar-refractivity contribution is -0.179. The number of unbranched alkanes of at least 4 members (excludes halogenated alkanes) is 1. The first-order valence-electron chi connectivity index (χ1n) is 34.1. The van der Waals surface area contributed by atoms with Crippen molar-refractivity contribution in [1.29, 1.82) is 0 Å². The first-order chi connectivity index (χ1) is 47.0. The van der Waals surface area contributed by atoms with E-state index >= 15 is 0 Å². The van der Waals surface area contributed by atoms with Crippen LogP contribution < -0.4 is 36.6 Å². The fourth-order valence-corrected chi connectivity index (χ4v) is 11.3. The van der Waals surface area contributed by atoms with Gasteiger partial charge in [-0.1, -0.05) is 89.0 Å². The standard InChI is InChI=1S/C70H105ClN6O21S/c1-45(2)40-58-68(86)96-56(15-12-17-62(83)76-53(42-49-22-26-57(91-9)52(71)41-49)67(85)75-44-70(6,7)69(87)97-58)47(5)65-66(98-65)50-23-19-48(20-24-50)21-25-54(78)51(43-55(79)64(46(3)4)77-63(84)18-13-16-59(80)72-8)14-10-11-29-73-60(81)27-31-92-33-35-94-37-38-95-36-34-93-32-28-61(82)74-30-39-99(88,89)90/h12,17,19-20,22-24,26,41,45-47,51,53,56,58,64-66H,10-11,13-16,18,21,25,27-40,42-44H2,1-9H3,(H,72,80)(H,73,81)(H,74,82)(H,75,85)(H,76,83)(H,77,84)(H,88,89,90)/b17-12+/t47-,51+,53+,56-,58-,64-,65+,66+/m0/s1. The van der Waals surface area contributed by atoms with Crippen molar-refractivity contribution >= 4 is 80.7 Å². The smallest absolute Gasteiger partial charge is 0.347 e. The van der Waals surface area contributed by atoms with Gasteiger partial charge in [0.15, 0.2) is 11.9 Å². The lowest BCUT2D eigenvalue weighted by Gasteiger charge is -2.29. The molecular formula is C70H105ClN6O21S. The van der Waals surface area contributed by atoms with E-state index in [1.54, 1.807) is 38.1 Å². The Hall–Kier alpha value is -6.92. The molecule has 7 N–H and O–H groups in total. The SMILES string of the molecule is CNC(=O)CCCC(=O)N[C@H](C(=O)C[C@@H](CCCCNC(=O)CCOCCOCCOCCOCCC(=O)NCCS(=O)(=O)O)C(=O)CCc1ccc([C@H]2O[C@@H]2[C@@H](C)[C@@H]2C/C=C/C(=O)N[C@H](Cc3ccc(OC)c(Cl)c3)C(=O)NCC(C)(C)C(=O)O[C@@H](CC(C)C)C(=O)O2)cc1)C(C)C. The van der Waals surface area contributed by atoms with Crippen LogP contribution in [0.25, 0.3) is 0 Å². The van der Waals surface area contributed by atoms with E-state index in [0.29, 0.717) is 68.2 Å². The third kappa shape index (κ3) is 33.4. The van der Waals surface area contributed by atoms with Crippen molar-refractivity contribution in [2.24, 2.45) is 29.1 Å². The van der Waals surface area contributed by atoms with Gasteiger partial charge in [0.1, 0.15) is 29.8 Å². The van der Waals surface area contributed by atoms with Crippen molar-refractivity contribution in [2.75, 3.05) is 92.4 Å². The zero-order valence-electron chi connectivity index (χ0n) is 58.8. The summed E-state index contributed by atoms with van der Waals surface area (Å²) in [6.45, 7) is 14.3. The summed E-state index contributed by atoms with van der Waals surface area (Å²) in [6.07, 6.45) is 2.58. The van der Waals surface area contributed by atoms with Gasteiger partial charge < -0.3 is 69.8 Å². The average Bonchev–Trinajstić information content (AvgIpc) is 1.63. The van der Waals surface area contributed by atoms with Gasteiger partial charge in [-0.05, 0) is 92.7 Å². The molecule has 0 aliphatic carbocycles. The van der Waals surface area contributed by atoms with Crippen molar-refractivity contribution in [3.63, 3.8) is 0 Å². The Morgan fingerprint density at radius 1 is 0.737 bits per heavy atom. The lowest BCUT2D eigenvalue weighted by Crippen LogP contribution is -2.51. The number of hydrogen-bond donors (Lipinski definition) is 7. The van der Waals surface area contributed by atoms with E-state index in [4.69, 9.17) is 54.0 Å². The number of ether oxygens (including phenoxy) is 8. The number of epoxide rings is 1. The molecule has 0 unspecified atom stereocenters. The van der Waals surface area contributed by atoms with Crippen LogP contribution in [0.1, 0.15) is 148 Å². The van der Waals surface area contributed by atoms with Gasteiger partial charge in [-0.2, -0.15) is 8.42 Å². The molecule has 0 radical (unpaired) electrons. The summed E-state index contributed by atoms with van der Waals surface area (Å²) in [6, 6.07) is 10.7. The summed E-state index contributed by atoms with van der Waals surface area (Å²) in [5.41, 5.74) is 1.02. The monoisotopic (exact) mass is 1430 g/mol. The van der Waals surface area contributed by atoms with Gasteiger partial charge >= 0.3 is 11.9 Å². The maximum atomic E-state index is 14.2. The van der Waals surface area contributed by atoms with E-state index < -0.39 is 99.3 Å². The highest BCUT2D eigenvalue weighted by molar-refractivity contribution is 7.85. The second kappa shape index (κ2) is 44.4. The van der Waals surface area contributed by atoms with Gasteiger partial charge in [0, 0.05) is 89.9 Å². The Balaban J connectivity index is 1.33. The number of ketones is 2. The highest BCUT2D eigenvalue weighted by Gasteiger charge is 2.48. The van der Waals surface area contributed by atoms with E-state index in [2.05, 4.69) is 31.9 Å². The third-order valence-electron chi connectivity index (χ3n) is 16.6. The highest BCUT2D eigenvalue weighted by Crippen LogP contribution is 2.45. The van der Waals surface area contributed by atoms with Crippen LogP contribution in [0.15, 0.2) is 54.6 Å². The van der Waals surface area contributed by atoms with Gasteiger partial charge in [-0.15, -0.1) is 0 Å². The number of cyclic esters (lactones) is 2. The van der Waals surface area contributed by atoms with Crippen molar-refractivity contribution in [3.05, 3.63) is 76.3 Å². The number of benzene rings is 2. The quantitative estimate of drug-likeness (QED) is 0.0189. The molecule has 6 amide bonds. The summed E-state index contributed by atoms with van der Waals surface area (Å²) in [5, 5.41) is 16.5. The number of aryl methyl sites for hydroxylation is 1. The minimum Gasteiger partial charge on any atom is -0.495 e. The summed E-state index contributed by atoms with van der Waals surface area (Å²) in [7, 11) is -1.16. The van der Waals surface area contributed by atoms with E-state index in [-0.39, 0.29) is 152 Å². The van der Waals surface area contributed by atoms with E-state index in [1.165, 1.54) is 20.2 Å². The van der Waals surface area contributed by atoms with E-state index in [0.717, 1.165) is 11.1 Å². The molecule has 0 spiro atoms. The van der Waals surface area contributed by atoms with Crippen molar-refractivity contribution in [3.8, 4) is 5.75 Å². The summed E-state index contributed by atoms with van der Waals surface area (Å²) >= 11 is 6.41. The number of Topliss-reactive ketones (excluding diaryl/α,β-unsaturated/α-hetero) is 2. The second-order valence-corrected chi connectivity index (χ2v) is 28.2. The minimum atomic E-state index is -4.15. The first-order valence-corrected chi connectivity index (χ1v) is 36.1. The summed E-state index contributed by atoms with van der Waals surface area (Å²) in [5.74, 6) is -5.85. The topological polar surface area (TPSA) is 374 Å². The molecule has 2 heterocycles. The van der Waals surface area contributed by atoms with Gasteiger partial charge in [0.05, 0.1) is 88.3 Å². The van der Waals surface area contributed by atoms with Gasteiger partial charge in [-0.3, -0.25) is 47.7 Å². The van der Waals surface area contributed by atoms with Crippen LogP contribution in [0.4, 0.5) is 0 Å². The number of hydrogen-bond acceptors (Lipinski definition) is 20. The van der Waals surface area contributed by atoms with Gasteiger partial charge in [0.2, 0.25) is 35.4 Å². The average molecular weight is 1430 g/mol. The Morgan fingerprint density at radius 3 is 1.93 bits per heavy atom. The molecule has 0 aromatic heterocycles. The fourth-order valence-electron chi connectivity index (χ4n) is 10.6. The molecule has 27 nitrogen and oxygen atoms in total. The predicted molar refractivity (Wildman–Crippen MR) is 367 cm³/mol. The van der Waals surface area contributed by atoms with Gasteiger partial charge in [-0.25, -0.2) is 4.79 Å². The van der Waals surface area contributed by atoms with Crippen molar-refractivity contribution in [2.45, 2.75) is 175 Å². The minimum absolute atomic E-state index is 0.0237. The Morgan fingerprint density at radius 2 is 1.34 bits per heavy atom. The Labute approximate surface area is 587 Å². The van der Waals surface area contributed by atoms with Crippen LogP contribution in [-0.2, 0) is 104 Å². The molecule has 2 aliphatic heterocycles. The van der Waals surface area contributed by atoms with Crippen LogP contribution in [0, 0.1) is 29.1 Å². The van der Waals surface area contributed by atoms with Crippen LogP contribution in [0.3, 0.4) is 0 Å². The lowest BCUT2D eigenvalue weighted by atomic mass is 9.85.